The van der Waals surface area contributed by atoms with Crippen LogP contribution in [-0.2, 0) is 16.1 Å². The van der Waals surface area contributed by atoms with Crippen molar-refractivity contribution in [1.82, 2.24) is 10.3 Å². The molecule has 2 amide bonds. The lowest BCUT2D eigenvalue weighted by Crippen LogP contribution is -2.20. The van der Waals surface area contributed by atoms with Crippen molar-refractivity contribution >= 4 is 34.7 Å². The maximum atomic E-state index is 12.0. The van der Waals surface area contributed by atoms with Crippen molar-refractivity contribution in [3.05, 3.63) is 66.1 Å². The summed E-state index contributed by atoms with van der Waals surface area (Å²) in [4.78, 5) is 27.9. The van der Waals surface area contributed by atoms with Gasteiger partial charge in [-0.05, 0) is 29.8 Å². The molecule has 0 unspecified atom stereocenters. The molecule has 3 aromatic rings. The highest BCUT2D eigenvalue weighted by atomic mass is 16.3. The van der Waals surface area contributed by atoms with Gasteiger partial charge in [-0.25, -0.2) is 4.98 Å². The maximum Gasteiger partial charge on any atom is 0.244 e. The quantitative estimate of drug-likeness (QED) is 0.653. The van der Waals surface area contributed by atoms with Crippen molar-refractivity contribution < 1.29 is 14.0 Å². The highest BCUT2D eigenvalue weighted by Gasteiger charge is 2.07. The third-order valence-electron chi connectivity index (χ3n) is 3.90. The number of hydrogen-bond acceptors (Lipinski definition) is 4. The zero-order valence-electron chi connectivity index (χ0n) is 15.2. The van der Waals surface area contributed by atoms with Crippen molar-refractivity contribution in [2.24, 2.45) is 5.92 Å². The van der Waals surface area contributed by atoms with Gasteiger partial charge in [-0.3, -0.25) is 9.59 Å². The van der Waals surface area contributed by atoms with Gasteiger partial charge in [-0.1, -0.05) is 38.1 Å². The van der Waals surface area contributed by atoms with Crippen molar-refractivity contribution in [3.63, 3.8) is 0 Å². The molecule has 0 aliphatic carbocycles. The number of carbonyl (C=O) groups is 2. The fourth-order valence-electron chi connectivity index (χ4n) is 2.35. The number of anilines is 1. The molecule has 0 fully saturated rings. The molecule has 3 rings (SSSR count). The second kappa shape index (κ2) is 8.31. The van der Waals surface area contributed by atoms with Gasteiger partial charge in [0.1, 0.15) is 5.52 Å². The number of aromatic nitrogens is 1. The van der Waals surface area contributed by atoms with Crippen LogP contribution in [0.15, 0.2) is 59.0 Å². The monoisotopic (exact) mass is 363 g/mol. The second-order valence-corrected chi connectivity index (χ2v) is 6.41. The SMILES string of the molecule is CC(C)C(=O)Nc1ccc(CNC(=O)/C=C/c2nc3ccccc3o2)cc1. The van der Waals surface area contributed by atoms with E-state index in [9.17, 15) is 9.59 Å². The summed E-state index contributed by atoms with van der Waals surface area (Å²) in [6.07, 6.45) is 2.93. The third-order valence-corrected chi connectivity index (χ3v) is 3.90. The van der Waals surface area contributed by atoms with Gasteiger partial charge in [-0.2, -0.15) is 0 Å². The van der Waals surface area contributed by atoms with Crippen LogP contribution in [0.3, 0.4) is 0 Å². The Kier molecular flexibility index (Phi) is 5.66. The molecule has 0 saturated carbocycles. The molecular formula is C21H21N3O3. The number of fused-ring (bicyclic) bond motifs is 1. The molecule has 27 heavy (non-hydrogen) atoms. The Morgan fingerprint density at radius 1 is 1.11 bits per heavy atom. The van der Waals surface area contributed by atoms with E-state index in [1.165, 1.54) is 6.08 Å². The van der Waals surface area contributed by atoms with Gasteiger partial charge < -0.3 is 15.1 Å². The number of benzene rings is 2. The number of amides is 2. The molecule has 1 heterocycles. The Labute approximate surface area is 157 Å². The lowest BCUT2D eigenvalue weighted by Gasteiger charge is -2.08. The fraction of sp³-hybridized carbons (Fsp3) is 0.190. The minimum atomic E-state index is -0.241. The molecule has 6 nitrogen and oxygen atoms in total. The Hall–Kier alpha value is -3.41. The minimum Gasteiger partial charge on any atom is -0.437 e. The van der Waals surface area contributed by atoms with Crippen LogP contribution in [0, 0.1) is 5.92 Å². The molecule has 0 atom stereocenters. The predicted octanol–water partition coefficient (Wildman–Crippen LogP) is 3.75. The lowest BCUT2D eigenvalue weighted by atomic mass is 10.1. The normalized spacial score (nSPS) is 11.2. The summed E-state index contributed by atoms with van der Waals surface area (Å²) in [5.41, 5.74) is 3.10. The Bertz CT molecular complexity index is 939. The van der Waals surface area contributed by atoms with Crippen molar-refractivity contribution in [1.29, 1.82) is 0 Å². The van der Waals surface area contributed by atoms with Crippen LogP contribution in [0.25, 0.3) is 17.2 Å². The smallest absolute Gasteiger partial charge is 0.244 e. The number of nitrogens with zero attached hydrogens (tertiary/aromatic N) is 1. The van der Waals surface area contributed by atoms with Gasteiger partial charge >= 0.3 is 0 Å². The van der Waals surface area contributed by atoms with E-state index < -0.39 is 0 Å². The molecular weight excluding hydrogens is 342 g/mol. The number of rotatable bonds is 6. The molecule has 0 bridgehead atoms. The molecule has 0 aliphatic heterocycles. The number of nitrogens with one attached hydrogen (secondary N) is 2. The second-order valence-electron chi connectivity index (χ2n) is 6.41. The first-order valence-electron chi connectivity index (χ1n) is 8.72. The average Bonchev–Trinajstić information content (AvgIpc) is 3.08. The van der Waals surface area contributed by atoms with Gasteiger partial charge in [0.15, 0.2) is 5.58 Å². The summed E-state index contributed by atoms with van der Waals surface area (Å²) in [5.74, 6) is 0.0448. The molecule has 0 aliphatic rings. The summed E-state index contributed by atoms with van der Waals surface area (Å²) in [5, 5.41) is 5.63. The first kappa shape index (κ1) is 18.4. The van der Waals surface area contributed by atoms with Crippen molar-refractivity contribution in [2.75, 3.05) is 5.32 Å². The first-order valence-corrected chi connectivity index (χ1v) is 8.72. The maximum absolute atomic E-state index is 12.0. The number of para-hydroxylation sites is 2. The van der Waals surface area contributed by atoms with Crippen LogP contribution in [0.5, 0.6) is 0 Å². The van der Waals surface area contributed by atoms with Gasteiger partial charge in [0.25, 0.3) is 0 Å². The van der Waals surface area contributed by atoms with E-state index in [4.69, 9.17) is 4.42 Å². The Balaban J connectivity index is 1.52. The van der Waals surface area contributed by atoms with E-state index in [-0.39, 0.29) is 17.7 Å². The molecule has 138 valence electrons. The van der Waals surface area contributed by atoms with Crippen LogP contribution in [0.1, 0.15) is 25.3 Å². The highest BCUT2D eigenvalue weighted by molar-refractivity contribution is 5.92. The predicted molar refractivity (Wildman–Crippen MR) is 105 cm³/mol. The molecule has 6 heteroatoms. The summed E-state index contributed by atoms with van der Waals surface area (Å²) >= 11 is 0. The summed E-state index contributed by atoms with van der Waals surface area (Å²) in [7, 11) is 0. The summed E-state index contributed by atoms with van der Waals surface area (Å²) in [6.45, 7) is 4.07. The largest absolute Gasteiger partial charge is 0.437 e. The average molecular weight is 363 g/mol. The molecule has 0 saturated heterocycles. The van der Waals surface area contributed by atoms with Crippen LogP contribution in [0.4, 0.5) is 5.69 Å². The van der Waals surface area contributed by atoms with E-state index in [0.717, 1.165) is 16.8 Å². The minimum absolute atomic E-state index is 0.0274. The van der Waals surface area contributed by atoms with Crippen molar-refractivity contribution in [2.45, 2.75) is 20.4 Å². The third kappa shape index (κ3) is 5.04. The summed E-state index contributed by atoms with van der Waals surface area (Å²) < 4.78 is 5.53. The van der Waals surface area contributed by atoms with E-state index >= 15 is 0 Å². The van der Waals surface area contributed by atoms with Crippen molar-refractivity contribution in [3.8, 4) is 0 Å². The molecule has 0 spiro atoms. The molecule has 2 aromatic carbocycles. The summed E-state index contributed by atoms with van der Waals surface area (Å²) in [6, 6.07) is 14.8. The Morgan fingerprint density at radius 3 is 2.56 bits per heavy atom. The number of hydrogen-bond donors (Lipinski definition) is 2. The highest BCUT2D eigenvalue weighted by Crippen LogP contribution is 2.15. The topological polar surface area (TPSA) is 84.2 Å². The zero-order chi connectivity index (χ0) is 19.2. The molecule has 0 radical (unpaired) electrons. The first-order chi connectivity index (χ1) is 13.0. The molecule has 1 aromatic heterocycles. The van der Waals surface area contributed by atoms with Gasteiger partial charge in [-0.15, -0.1) is 0 Å². The van der Waals surface area contributed by atoms with Crippen LogP contribution < -0.4 is 10.6 Å². The van der Waals surface area contributed by atoms with E-state index in [1.807, 2.05) is 62.4 Å². The number of oxazole rings is 1. The van der Waals surface area contributed by atoms with Crippen LogP contribution >= 0.6 is 0 Å². The Morgan fingerprint density at radius 2 is 1.85 bits per heavy atom. The standard InChI is InChI=1S/C21H21N3O3/c1-14(2)21(26)23-16-9-7-15(8-10-16)13-22-19(25)11-12-20-24-17-5-3-4-6-18(17)27-20/h3-12,14H,13H2,1-2H3,(H,22,25)(H,23,26)/b12-11+. The van der Waals surface area contributed by atoms with Gasteiger partial charge in [0, 0.05) is 30.3 Å². The van der Waals surface area contributed by atoms with Gasteiger partial charge in [0.05, 0.1) is 0 Å². The lowest BCUT2D eigenvalue weighted by molar-refractivity contribution is -0.119. The number of carbonyl (C=O) groups excluding carboxylic acids is 2. The zero-order valence-corrected chi connectivity index (χ0v) is 15.2. The molecule has 2 N–H and O–H groups in total. The van der Waals surface area contributed by atoms with E-state index in [1.54, 1.807) is 6.08 Å². The van der Waals surface area contributed by atoms with Crippen LogP contribution in [0.2, 0.25) is 0 Å². The van der Waals surface area contributed by atoms with E-state index in [2.05, 4.69) is 15.6 Å². The fourth-order valence-corrected chi connectivity index (χ4v) is 2.35. The van der Waals surface area contributed by atoms with Gasteiger partial charge in [0.2, 0.25) is 17.7 Å². The van der Waals surface area contributed by atoms with E-state index in [0.29, 0.717) is 18.0 Å². The van der Waals surface area contributed by atoms with Crippen LogP contribution in [-0.4, -0.2) is 16.8 Å².